The number of methoxy groups -OCH3 is 1. The van der Waals surface area contributed by atoms with E-state index in [1.807, 2.05) is 0 Å². The average molecular weight is 435 g/mol. The molecule has 1 aromatic carbocycles. The standard InChI is InChI=1S/C21H24F3N5O2/c1-3-28-9-4-5-13(12-28)25-21-27-26-18(19-16(22)8-10-29(19)21)15-7-6-14(30-2)11-17(15)31-20(23)24/h6-8,10-11,13,20H,3-5,9,12H2,1-2H3,(H,25,27)/t13-/m1/s1. The highest BCUT2D eigenvalue weighted by atomic mass is 19.3. The number of hydrogen-bond acceptors (Lipinski definition) is 6. The van der Waals surface area contributed by atoms with Crippen molar-refractivity contribution in [3.63, 3.8) is 0 Å². The van der Waals surface area contributed by atoms with Crippen LogP contribution in [-0.2, 0) is 0 Å². The molecule has 1 saturated heterocycles. The highest BCUT2D eigenvalue weighted by Crippen LogP contribution is 2.36. The Morgan fingerprint density at radius 3 is 2.84 bits per heavy atom. The summed E-state index contributed by atoms with van der Waals surface area (Å²) >= 11 is 0. The van der Waals surface area contributed by atoms with Crippen molar-refractivity contribution in [2.45, 2.75) is 32.4 Å². The molecule has 0 unspecified atom stereocenters. The zero-order valence-corrected chi connectivity index (χ0v) is 17.3. The first kappa shape index (κ1) is 21.2. The zero-order valence-electron chi connectivity index (χ0n) is 17.3. The number of nitrogens with zero attached hydrogens (tertiary/aromatic N) is 4. The number of piperidine rings is 1. The molecule has 10 heteroatoms. The number of halogens is 3. The molecule has 7 nitrogen and oxygen atoms in total. The van der Waals surface area contributed by atoms with E-state index in [9.17, 15) is 13.2 Å². The third kappa shape index (κ3) is 4.39. The smallest absolute Gasteiger partial charge is 0.387 e. The molecule has 1 aliphatic rings. The molecule has 0 radical (unpaired) electrons. The van der Waals surface area contributed by atoms with E-state index < -0.39 is 12.4 Å². The van der Waals surface area contributed by atoms with E-state index in [2.05, 4.69) is 32.1 Å². The Morgan fingerprint density at radius 2 is 2.10 bits per heavy atom. The monoisotopic (exact) mass is 435 g/mol. The molecular formula is C21H24F3N5O2. The van der Waals surface area contributed by atoms with Crippen LogP contribution in [0.4, 0.5) is 19.1 Å². The van der Waals surface area contributed by atoms with Gasteiger partial charge in [0, 0.05) is 30.4 Å². The minimum atomic E-state index is -3.06. The molecule has 2 aromatic heterocycles. The molecule has 1 aliphatic heterocycles. The fourth-order valence-corrected chi connectivity index (χ4v) is 3.95. The van der Waals surface area contributed by atoms with Crippen molar-refractivity contribution in [2.24, 2.45) is 0 Å². The van der Waals surface area contributed by atoms with Crippen molar-refractivity contribution >= 4 is 11.5 Å². The van der Waals surface area contributed by atoms with Gasteiger partial charge in [-0.15, -0.1) is 10.2 Å². The van der Waals surface area contributed by atoms with E-state index in [0.717, 1.165) is 32.5 Å². The van der Waals surface area contributed by atoms with Crippen LogP contribution < -0.4 is 14.8 Å². The Balaban J connectivity index is 1.74. The fraction of sp³-hybridized carbons (Fsp3) is 0.429. The van der Waals surface area contributed by atoms with Crippen LogP contribution in [0.3, 0.4) is 0 Å². The van der Waals surface area contributed by atoms with Crippen LogP contribution in [0, 0.1) is 5.82 Å². The van der Waals surface area contributed by atoms with E-state index >= 15 is 0 Å². The van der Waals surface area contributed by atoms with Gasteiger partial charge < -0.3 is 19.7 Å². The first-order valence-electron chi connectivity index (χ1n) is 10.2. The molecule has 1 fully saturated rings. The largest absolute Gasteiger partial charge is 0.497 e. The molecule has 0 aliphatic carbocycles. The SMILES string of the molecule is CCN1CCC[C@@H](Nc2nnc(-c3ccc(OC)cc3OC(F)F)c3c(F)ccn23)C1. The number of nitrogens with one attached hydrogen (secondary N) is 1. The van der Waals surface area contributed by atoms with Crippen molar-refractivity contribution in [1.82, 2.24) is 19.5 Å². The van der Waals surface area contributed by atoms with Gasteiger partial charge >= 0.3 is 6.61 Å². The van der Waals surface area contributed by atoms with E-state index in [1.165, 1.54) is 25.3 Å². The lowest BCUT2D eigenvalue weighted by molar-refractivity contribution is -0.0495. The minimum Gasteiger partial charge on any atom is -0.497 e. The van der Waals surface area contributed by atoms with Gasteiger partial charge in [-0.25, -0.2) is 4.39 Å². The first-order chi connectivity index (χ1) is 15.0. The molecule has 0 spiro atoms. The Morgan fingerprint density at radius 1 is 1.26 bits per heavy atom. The number of alkyl halides is 2. The summed E-state index contributed by atoms with van der Waals surface area (Å²) in [4.78, 5) is 2.34. The number of rotatable bonds is 7. The van der Waals surface area contributed by atoms with Crippen LogP contribution in [0.5, 0.6) is 11.5 Å². The maximum atomic E-state index is 14.8. The van der Waals surface area contributed by atoms with Crippen LogP contribution >= 0.6 is 0 Å². The molecule has 1 N–H and O–H groups in total. The number of hydrogen-bond donors (Lipinski definition) is 1. The third-order valence-electron chi connectivity index (χ3n) is 5.48. The topological polar surface area (TPSA) is 63.9 Å². The summed E-state index contributed by atoms with van der Waals surface area (Å²) < 4.78 is 52.0. The second-order valence-corrected chi connectivity index (χ2v) is 7.37. The van der Waals surface area contributed by atoms with Gasteiger partial charge in [0.1, 0.15) is 22.7 Å². The maximum Gasteiger partial charge on any atom is 0.387 e. The highest BCUT2D eigenvalue weighted by molar-refractivity contribution is 5.82. The summed E-state index contributed by atoms with van der Waals surface area (Å²) in [7, 11) is 1.41. The number of aromatic nitrogens is 3. The van der Waals surface area contributed by atoms with Gasteiger partial charge in [-0.05, 0) is 44.1 Å². The maximum absolute atomic E-state index is 14.8. The third-order valence-corrected chi connectivity index (χ3v) is 5.48. The van der Waals surface area contributed by atoms with E-state index in [-0.39, 0.29) is 28.6 Å². The molecule has 166 valence electrons. The lowest BCUT2D eigenvalue weighted by Crippen LogP contribution is -2.42. The molecule has 4 rings (SSSR count). The molecule has 0 amide bonds. The number of likely N-dealkylation sites (tertiary alicyclic amines) is 1. The van der Waals surface area contributed by atoms with E-state index in [4.69, 9.17) is 4.74 Å². The highest BCUT2D eigenvalue weighted by Gasteiger charge is 2.23. The van der Waals surface area contributed by atoms with Gasteiger partial charge in [-0.3, -0.25) is 4.40 Å². The molecule has 31 heavy (non-hydrogen) atoms. The van der Waals surface area contributed by atoms with Crippen molar-refractivity contribution in [1.29, 1.82) is 0 Å². The van der Waals surface area contributed by atoms with E-state index in [0.29, 0.717) is 11.7 Å². The normalized spacial score (nSPS) is 17.3. The number of fused-ring (bicyclic) bond motifs is 1. The first-order valence-corrected chi connectivity index (χ1v) is 10.2. The predicted molar refractivity (Wildman–Crippen MR) is 110 cm³/mol. The molecule has 1 atom stereocenters. The lowest BCUT2D eigenvalue weighted by Gasteiger charge is -2.32. The van der Waals surface area contributed by atoms with Gasteiger partial charge in [0.25, 0.3) is 0 Å². The van der Waals surface area contributed by atoms with Crippen molar-refractivity contribution < 1.29 is 22.6 Å². The summed E-state index contributed by atoms with van der Waals surface area (Å²) in [5.74, 6) is 0.0223. The summed E-state index contributed by atoms with van der Waals surface area (Å²) in [6.45, 7) is 1.93. The molecule has 3 heterocycles. The van der Waals surface area contributed by atoms with Crippen LogP contribution in [0.2, 0.25) is 0 Å². The minimum absolute atomic E-state index is 0.102. The van der Waals surface area contributed by atoms with Gasteiger partial charge in [0.15, 0.2) is 5.82 Å². The van der Waals surface area contributed by atoms with Crippen LogP contribution in [0.25, 0.3) is 16.8 Å². The van der Waals surface area contributed by atoms with Crippen LogP contribution in [0.15, 0.2) is 30.5 Å². The van der Waals surface area contributed by atoms with Crippen LogP contribution in [0.1, 0.15) is 19.8 Å². The van der Waals surface area contributed by atoms with Gasteiger partial charge in [-0.1, -0.05) is 6.92 Å². The zero-order chi connectivity index (χ0) is 22.0. The Labute approximate surface area is 177 Å². The lowest BCUT2D eigenvalue weighted by atomic mass is 10.1. The quantitative estimate of drug-likeness (QED) is 0.604. The van der Waals surface area contributed by atoms with Gasteiger partial charge in [0.05, 0.1) is 7.11 Å². The van der Waals surface area contributed by atoms with E-state index in [1.54, 1.807) is 16.7 Å². The predicted octanol–water partition coefficient (Wildman–Crippen LogP) is 4.04. The Hall–Kier alpha value is -3.01. The second kappa shape index (κ2) is 9.01. The summed E-state index contributed by atoms with van der Waals surface area (Å²) in [6, 6.07) is 5.83. The summed E-state index contributed by atoms with van der Waals surface area (Å²) in [5, 5.41) is 11.8. The number of likely N-dealkylation sites (N-methyl/N-ethyl adjacent to an activating group) is 1. The molecular weight excluding hydrogens is 411 g/mol. The molecule has 3 aromatic rings. The molecule has 0 saturated carbocycles. The molecule has 0 bridgehead atoms. The van der Waals surface area contributed by atoms with Gasteiger partial charge in [-0.2, -0.15) is 8.78 Å². The number of anilines is 1. The van der Waals surface area contributed by atoms with Crippen molar-refractivity contribution in [2.75, 3.05) is 32.1 Å². The fourth-order valence-electron chi connectivity index (χ4n) is 3.95. The number of benzene rings is 1. The Bertz CT molecular complexity index is 1060. The van der Waals surface area contributed by atoms with Crippen molar-refractivity contribution in [3.8, 4) is 22.8 Å². The second-order valence-electron chi connectivity index (χ2n) is 7.37. The summed E-state index contributed by atoms with van der Waals surface area (Å²) in [5.41, 5.74) is 0.424. The van der Waals surface area contributed by atoms with Gasteiger partial charge in [0.2, 0.25) is 5.95 Å². The van der Waals surface area contributed by atoms with Crippen molar-refractivity contribution in [3.05, 3.63) is 36.3 Å². The number of ether oxygens (including phenoxy) is 2. The summed E-state index contributed by atoms with van der Waals surface area (Å²) in [6.07, 6.45) is 3.57. The average Bonchev–Trinajstić information content (AvgIpc) is 3.16. The van der Waals surface area contributed by atoms with Crippen LogP contribution in [-0.4, -0.2) is 58.9 Å². The Kier molecular flexibility index (Phi) is 6.17.